The first-order valence-electron chi connectivity index (χ1n) is 8.31. The molecule has 0 radical (unpaired) electrons. The second-order valence-electron chi connectivity index (χ2n) is 6.01. The number of nitrogens with one attached hydrogen (secondary N) is 1. The summed E-state index contributed by atoms with van der Waals surface area (Å²) in [6.45, 7) is 2.73. The molecule has 0 aliphatic carbocycles. The molecule has 1 aliphatic heterocycles. The van der Waals surface area contributed by atoms with E-state index in [4.69, 9.17) is 9.15 Å². The van der Waals surface area contributed by atoms with Crippen molar-refractivity contribution < 1.29 is 13.9 Å². The van der Waals surface area contributed by atoms with Crippen LogP contribution >= 0.6 is 0 Å². The summed E-state index contributed by atoms with van der Waals surface area (Å²) in [4.78, 5) is 14.7. The molecule has 0 bridgehead atoms. The number of aromatic nitrogens is 2. The zero-order chi connectivity index (χ0) is 17.4. The van der Waals surface area contributed by atoms with Crippen molar-refractivity contribution in [2.75, 3.05) is 13.7 Å². The van der Waals surface area contributed by atoms with Gasteiger partial charge in [0, 0.05) is 12.1 Å². The van der Waals surface area contributed by atoms with E-state index >= 15 is 0 Å². The molecule has 0 saturated heterocycles. The van der Waals surface area contributed by atoms with Gasteiger partial charge in [-0.25, -0.2) is 0 Å². The lowest BCUT2D eigenvalue weighted by molar-refractivity contribution is 0.0744. The van der Waals surface area contributed by atoms with Gasteiger partial charge in [-0.15, -0.1) is 0 Å². The van der Waals surface area contributed by atoms with Gasteiger partial charge in [-0.1, -0.05) is 19.1 Å². The van der Waals surface area contributed by atoms with Gasteiger partial charge in [0.05, 0.1) is 19.4 Å². The number of hydrogen-bond donors (Lipinski definition) is 1. The molecule has 3 heterocycles. The molecule has 6 heteroatoms. The number of ether oxygens (including phenoxy) is 1. The minimum Gasteiger partial charge on any atom is -0.497 e. The van der Waals surface area contributed by atoms with Crippen LogP contribution in [-0.4, -0.2) is 34.7 Å². The zero-order valence-corrected chi connectivity index (χ0v) is 14.2. The van der Waals surface area contributed by atoms with Crippen LogP contribution in [0.1, 0.15) is 41.0 Å². The van der Waals surface area contributed by atoms with Crippen molar-refractivity contribution in [1.29, 1.82) is 0 Å². The van der Waals surface area contributed by atoms with Crippen molar-refractivity contribution in [3.8, 4) is 17.2 Å². The molecule has 1 amide bonds. The van der Waals surface area contributed by atoms with Crippen LogP contribution in [0, 0.1) is 0 Å². The Hall–Kier alpha value is -3.02. The summed E-state index contributed by atoms with van der Waals surface area (Å²) in [6.07, 6.45) is 2.49. The summed E-state index contributed by atoms with van der Waals surface area (Å²) >= 11 is 0. The fourth-order valence-corrected chi connectivity index (χ4v) is 3.40. The summed E-state index contributed by atoms with van der Waals surface area (Å²) in [5.74, 6) is 1.42. The Morgan fingerprint density at radius 2 is 2.08 bits per heavy atom. The number of furan rings is 1. The lowest BCUT2D eigenvalue weighted by atomic mass is 9.98. The average Bonchev–Trinajstić information content (AvgIpc) is 3.35. The smallest absolute Gasteiger partial charge is 0.275 e. The van der Waals surface area contributed by atoms with Crippen LogP contribution in [0.25, 0.3) is 11.5 Å². The van der Waals surface area contributed by atoms with E-state index < -0.39 is 0 Å². The highest BCUT2D eigenvalue weighted by Gasteiger charge is 2.42. The molecular weight excluding hydrogens is 318 g/mol. The minimum atomic E-state index is -0.188. The maximum Gasteiger partial charge on any atom is 0.275 e. The first kappa shape index (κ1) is 15.5. The number of aromatic amines is 1. The Labute approximate surface area is 145 Å². The Morgan fingerprint density at radius 1 is 1.28 bits per heavy atom. The van der Waals surface area contributed by atoms with Gasteiger partial charge in [-0.05, 0) is 36.2 Å². The number of nitrogens with zero attached hydrogens (tertiary/aromatic N) is 2. The summed E-state index contributed by atoms with van der Waals surface area (Å²) in [5, 5.41) is 7.25. The van der Waals surface area contributed by atoms with E-state index in [2.05, 4.69) is 17.1 Å². The first-order valence-corrected chi connectivity index (χ1v) is 8.31. The van der Waals surface area contributed by atoms with Crippen LogP contribution in [0.15, 0.2) is 47.1 Å². The minimum absolute atomic E-state index is 0.0493. The molecule has 128 valence electrons. The van der Waals surface area contributed by atoms with E-state index in [0.717, 1.165) is 29.0 Å². The molecule has 25 heavy (non-hydrogen) atoms. The largest absolute Gasteiger partial charge is 0.497 e. The molecule has 4 rings (SSSR count). The molecule has 1 aromatic carbocycles. The zero-order valence-electron chi connectivity index (χ0n) is 14.2. The summed E-state index contributed by atoms with van der Waals surface area (Å²) in [5.41, 5.74) is 3.13. The van der Waals surface area contributed by atoms with Crippen LogP contribution in [-0.2, 0) is 0 Å². The number of fused-ring (bicyclic) bond motifs is 1. The van der Waals surface area contributed by atoms with E-state index in [1.54, 1.807) is 13.4 Å². The number of H-pyrrole nitrogens is 1. The maximum atomic E-state index is 12.9. The molecule has 0 fully saturated rings. The van der Waals surface area contributed by atoms with Gasteiger partial charge in [0.25, 0.3) is 5.91 Å². The van der Waals surface area contributed by atoms with Crippen molar-refractivity contribution >= 4 is 5.91 Å². The van der Waals surface area contributed by atoms with Gasteiger partial charge in [0.2, 0.25) is 0 Å². The van der Waals surface area contributed by atoms with E-state index in [1.165, 1.54) is 0 Å². The second-order valence-corrected chi connectivity index (χ2v) is 6.01. The summed E-state index contributed by atoms with van der Waals surface area (Å²) < 4.78 is 10.8. The lowest BCUT2D eigenvalue weighted by Crippen LogP contribution is -2.30. The van der Waals surface area contributed by atoms with Gasteiger partial charge < -0.3 is 14.1 Å². The Kier molecular flexibility index (Phi) is 3.80. The molecule has 1 atom stereocenters. The number of benzene rings is 1. The Bertz CT molecular complexity index is 881. The van der Waals surface area contributed by atoms with Gasteiger partial charge >= 0.3 is 0 Å². The quantitative estimate of drug-likeness (QED) is 0.772. The number of hydrogen-bond acceptors (Lipinski definition) is 4. The lowest BCUT2D eigenvalue weighted by Gasteiger charge is -2.26. The van der Waals surface area contributed by atoms with E-state index in [0.29, 0.717) is 18.0 Å². The van der Waals surface area contributed by atoms with Crippen LogP contribution in [0.5, 0.6) is 5.75 Å². The van der Waals surface area contributed by atoms with Crippen molar-refractivity contribution in [3.05, 3.63) is 59.5 Å². The predicted octanol–water partition coefficient (Wildman–Crippen LogP) is 3.63. The highest BCUT2D eigenvalue weighted by molar-refractivity contribution is 5.99. The van der Waals surface area contributed by atoms with Crippen LogP contribution in [0.4, 0.5) is 0 Å². The summed E-state index contributed by atoms with van der Waals surface area (Å²) in [6, 6.07) is 11.3. The fraction of sp³-hybridized carbons (Fsp3) is 0.263. The molecule has 2 aromatic heterocycles. The van der Waals surface area contributed by atoms with Crippen LogP contribution in [0.3, 0.4) is 0 Å². The number of rotatable bonds is 5. The molecule has 1 N–H and O–H groups in total. The van der Waals surface area contributed by atoms with Gasteiger partial charge in [-0.2, -0.15) is 5.10 Å². The third kappa shape index (κ3) is 2.41. The SMILES string of the molecule is CCCN1C(=O)c2n[nH]c(-c3ccco3)c2[C@@H]1c1ccc(OC)cc1. The molecule has 1 aliphatic rings. The Balaban J connectivity index is 1.85. The fourth-order valence-electron chi connectivity index (χ4n) is 3.40. The number of amides is 1. The number of methoxy groups -OCH3 is 1. The second kappa shape index (κ2) is 6.12. The van der Waals surface area contributed by atoms with Gasteiger partial charge in [0.1, 0.15) is 11.4 Å². The highest BCUT2D eigenvalue weighted by Crippen LogP contribution is 2.43. The molecule has 0 spiro atoms. The third-order valence-corrected chi connectivity index (χ3v) is 4.52. The maximum absolute atomic E-state index is 12.9. The molecule has 0 saturated carbocycles. The predicted molar refractivity (Wildman–Crippen MR) is 92.5 cm³/mol. The van der Waals surface area contributed by atoms with Gasteiger partial charge in [0.15, 0.2) is 11.5 Å². The normalized spacial score (nSPS) is 16.3. The monoisotopic (exact) mass is 337 g/mol. The van der Waals surface area contributed by atoms with Gasteiger partial charge in [-0.3, -0.25) is 9.89 Å². The number of carbonyl (C=O) groups excluding carboxylic acids is 1. The Morgan fingerprint density at radius 3 is 2.72 bits per heavy atom. The van der Waals surface area contributed by atoms with E-state index in [1.807, 2.05) is 41.3 Å². The van der Waals surface area contributed by atoms with Crippen molar-refractivity contribution in [1.82, 2.24) is 15.1 Å². The van der Waals surface area contributed by atoms with Crippen LogP contribution in [0.2, 0.25) is 0 Å². The topological polar surface area (TPSA) is 71.4 Å². The van der Waals surface area contributed by atoms with E-state index in [9.17, 15) is 4.79 Å². The highest BCUT2D eigenvalue weighted by atomic mass is 16.5. The third-order valence-electron chi connectivity index (χ3n) is 4.52. The van der Waals surface area contributed by atoms with Crippen molar-refractivity contribution in [2.24, 2.45) is 0 Å². The summed E-state index contributed by atoms with van der Waals surface area (Å²) in [7, 11) is 1.64. The van der Waals surface area contributed by atoms with E-state index in [-0.39, 0.29) is 11.9 Å². The molecule has 0 unspecified atom stereocenters. The molecular formula is C19H19N3O3. The number of carbonyl (C=O) groups is 1. The van der Waals surface area contributed by atoms with Crippen LogP contribution < -0.4 is 4.74 Å². The molecule has 6 nitrogen and oxygen atoms in total. The standard InChI is InChI=1S/C19H19N3O3/c1-3-10-22-18(12-6-8-13(24-2)9-7-12)15-16(14-5-4-11-25-14)20-21-17(15)19(22)23/h4-9,11,18H,3,10H2,1-2H3,(H,20,21)/t18-/m0/s1. The molecule has 3 aromatic rings. The average molecular weight is 337 g/mol. The van der Waals surface area contributed by atoms with Crippen molar-refractivity contribution in [3.63, 3.8) is 0 Å². The first-order chi connectivity index (χ1) is 12.2. The van der Waals surface area contributed by atoms with Crippen molar-refractivity contribution in [2.45, 2.75) is 19.4 Å².